The fourth-order valence-electron chi connectivity index (χ4n) is 2.70. The van der Waals surface area contributed by atoms with Crippen LogP contribution < -0.4 is 10.6 Å². The van der Waals surface area contributed by atoms with E-state index in [0.29, 0.717) is 6.54 Å². The van der Waals surface area contributed by atoms with Gasteiger partial charge in [-0.05, 0) is 0 Å². The van der Waals surface area contributed by atoms with E-state index in [1.807, 2.05) is 6.20 Å². The van der Waals surface area contributed by atoms with Crippen molar-refractivity contribution < 1.29 is 4.79 Å². The Morgan fingerprint density at radius 1 is 1.52 bits per heavy atom. The van der Waals surface area contributed by atoms with Gasteiger partial charge in [-0.25, -0.2) is 9.97 Å². The molecule has 0 unspecified atom stereocenters. The molecule has 7 heteroatoms. The van der Waals surface area contributed by atoms with Crippen LogP contribution in [-0.4, -0.2) is 38.5 Å². The summed E-state index contributed by atoms with van der Waals surface area (Å²) in [5.41, 5.74) is 1.87. The van der Waals surface area contributed by atoms with Crippen LogP contribution >= 0.6 is 0 Å². The lowest BCUT2D eigenvalue weighted by molar-refractivity contribution is -0.123. The van der Waals surface area contributed by atoms with E-state index in [0.717, 1.165) is 43.1 Å². The maximum absolute atomic E-state index is 12.3. The summed E-state index contributed by atoms with van der Waals surface area (Å²) in [6, 6.07) is -0.353. The van der Waals surface area contributed by atoms with Gasteiger partial charge >= 0.3 is 0 Å². The summed E-state index contributed by atoms with van der Waals surface area (Å²) < 4.78 is 2.06. The molecular weight excluding hydrogens is 268 g/mol. The van der Waals surface area contributed by atoms with Crippen LogP contribution in [0, 0.1) is 0 Å². The third kappa shape index (κ3) is 2.82. The second kappa shape index (κ2) is 6.09. The molecule has 0 fully saturated rings. The summed E-state index contributed by atoms with van der Waals surface area (Å²) >= 11 is 0. The third-order valence-electron chi connectivity index (χ3n) is 3.78. The SMILES string of the molecule is CCc1nccn1CCNC(=O)[C@@H]1NCCc2[nH]cnc21. The number of nitrogens with one attached hydrogen (secondary N) is 3. The predicted octanol–water partition coefficient (Wildman–Crippen LogP) is 0.172. The van der Waals surface area contributed by atoms with Crippen molar-refractivity contribution in [3.8, 4) is 0 Å². The number of hydrogen-bond acceptors (Lipinski definition) is 4. The van der Waals surface area contributed by atoms with Gasteiger partial charge in [-0.3, -0.25) is 4.79 Å². The summed E-state index contributed by atoms with van der Waals surface area (Å²) in [5.74, 6) is 1.01. The number of rotatable bonds is 5. The fraction of sp³-hybridized carbons (Fsp3) is 0.500. The van der Waals surface area contributed by atoms with Gasteiger partial charge in [-0.1, -0.05) is 6.92 Å². The molecule has 2 aromatic heterocycles. The number of imidazole rings is 2. The Labute approximate surface area is 123 Å². The molecule has 1 amide bonds. The zero-order valence-electron chi connectivity index (χ0n) is 12.1. The van der Waals surface area contributed by atoms with Crippen molar-refractivity contribution in [3.05, 3.63) is 35.9 Å². The summed E-state index contributed by atoms with van der Waals surface area (Å²) in [4.78, 5) is 23.9. The third-order valence-corrected chi connectivity index (χ3v) is 3.78. The summed E-state index contributed by atoms with van der Waals surface area (Å²) in [5, 5.41) is 6.18. The molecule has 0 radical (unpaired) electrons. The van der Waals surface area contributed by atoms with Gasteiger partial charge in [0, 0.05) is 50.6 Å². The molecule has 0 saturated heterocycles. The Hall–Kier alpha value is -2.15. The highest BCUT2D eigenvalue weighted by molar-refractivity contribution is 5.83. The normalized spacial score (nSPS) is 17.5. The maximum atomic E-state index is 12.3. The Kier molecular flexibility index (Phi) is 4.01. The van der Waals surface area contributed by atoms with Crippen LogP contribution in [-0.2, 0) is 24.2 Å². The summed E-state index contributed by atoms with van der Waals surface area (Å²) in [6.07, 6.45) is 7.15. The van der Waals surface area contributed by atoms with E-state index >= 15 is 0 Å². The van der Waals surface area contributed by atoms with Crippen LogP contribution in [0.3, 0.4) is 0 Å². The second-order valence-corrected chi connectivity index (χ2v) is 5.08. The number of aryl methyl sites for hydroxylation is 1. The molecule has 7 nitrogen and oxygen atoms in total. The molecule has 112 valence electrons. The first-order valence-corrected chi connectivity index (χ1v) is 7.33. The van der Waals surface area contributed by atoms with E-state index < -0.39 is 0 Å². The van der Waals surface area contributed by atoms with Gasteiger partial charge < -0.3 is 20.2 Å². The van der Waals surface area contributed by atoms with Crippen LogP contribution in [0.4, 0.5) is 0 Å². The van der Waals surface area contributed by atoms with Crippen LogP contribution in [0.2, 0.25) is 0 Å². The molecule has 3 N–H and O–H groups in total. The molecule has 0 aromatic carbocycles. The van der Waals surface area contributed by atoms with Crippen molar-refractivity contribution in [2.75, 3.05) is 13.1 Å². The highest BCUT2D eigenvalue weighted by atomic mass is 16.2. The van der Waals surface area contributed by atoms with Crippen LogP contribution in [0.1, 0.15) is 30.2 Å². The molecule has 21 heavy (non-hydrogen) atoms. The molecule has 1 aliphatic rings. The van der Waals surface area contributed by atoms with E-state index in [-0.39, 0.29) is 11.9 Å². The number of amides is 1. The lowest BCUT2D eigenvalue weighted by Crippen LogP contribution is -2.42. The van der Waals surface area contributed by atoms with Crippen molar-refractivity contribution in [1.82, 2.24) is 30.2 Å². The van der Waals surface area contributed by atoms with Crippen molar-refractivity contribution in [2.24, 2.45) is 0 Å². The molecule has 0 spiro atoms. The molecule has 1 atom stereocenters. The van der Waals surface area contributed by atoms with Crippen LogP contribution in [0.15, 0.2) is 18.7 Å². The highest BCUT2D eigenvalue weighted by Gasteiger charge is 2.27. The Morgan fingerprint density at radius 3 is 3.29 bits per heavy atom. The first kappa shape index (κ1) is 13.8. The minimum absolute atomic E-state index is 0.0267. The number of carbonyl (C=O) groups excluding carboxylic acids is 1. The maximum Gasteiger partial charge on any atom is 0.243 e. The van der Waals surface area contributed by atoms with Crippen molar-refractivity contribution in [1.29, 1.82) is 0 Å². The molecule has 0 aliphatic carbocycles. The number of fused-ring (bicyclic) bond motifs is 1. The van der Waals surface area contributed by atoms with Crippen LogP contribution in [0.25, 0.3) is 0 Å². The van der Waals surface area contributed by atoms with Gasteiger partial charge in [0.25, 0.3) is 0 Å². The van der Waals surface area contributed by atoms with E-state index in [2.05, 4.69) is 37.1 Å². The monoisotopic (exact) mass is 288 g/mol. The minimum atomic E-state index is -0.353. The van der Waals surface area contributed by atoms with Gasteiger partial charge in [-0.2, -0.15) is 0 Å². The molecular formula is C14H20N6O. The van der Waals surface area contributed by atoms with Crippen molar-refractivity contribution >= 4 is 5.91 Å². The zero-order valence-corrected chi connectivity index (χ0v) is 12.1. The number of aromatic nitrogens is 4. The predicted molar refractivity (Wildman–Crippen MR) is 77.7 cm³/mol. The van der Waals surface area contributed by atoms with Crippen LogP contribution in [0.5, 0.6) is 0 Å². The molecule has 0 bridgehead atoms. The highest BCUT2D eigenvalue weighted by Crippen LogP contribution is 2.18. The number of aromatic amines is 1. The average molecular weight is 288 g/mol. The molecule has 3 heterocycles. The van der Waals surface area contributed by atoms with Gasteiger partial charge in [0.1, 0.15) is 11.9 Å². The standard InChI is InChI=1S/C14H20N6O/c1-2-11-15-5-7-20(11)8-6-17-14(21)13-12-10(3-4-16-13)18-9-19-12/h5,7,9,13,16H,2-4,6,8H2,1H3,(H,17,21)(H,18,19)/t13-/m1/s1. The summed E-state index contributed by atoms with van der Waals surface area (Å²) in [7, 11) is 0. The van der Waals surface area contributed by atoms with E-state index in [4.69, 9.17) is 0 Å². The van der Waals surface area contributed by atoms with Gasteiger partial charge in [-0.15, -0.1) is 0 Å². The van der Waals surface area contributed by atoms with E-state index in [1.54, 1.807) is 12.5 Å². The van der Waals surface area contributed by atoms with Gasteiger partial charge in [0.15, 0.2) is 0 Å². The number of carbonyl (C=O) groups is 1. The van der Waals surface area contributed by atoms with Crippen molar-refractivity contribution in [3.63, 3.8) is 0 Å². The largest absolute Gasteiger partial charge is 0.353 e. The minimum Gasteiger partial charge on any atom is -0.353 e. The number of H-pyrrole nitrogens is 1. The number of nitrogens with zero attached hydrogens (tertiary/aromatic N) is 3. The lowest BCUT2D eigenvalue weighted by Gasteiger charge is -2.22. The topological polar surface area (TPSA) is 87.6 Å². The van der Waals surface area contributed by atoms with Gasteiger partial charge in [0.05, 0.1) is 12.0 Å². The Bertz CT molecular complexity index is 617. The molecule has 0 saturated carbocycles. The zero-order chi connectivity index (χ0) is 14.7. The fourth-order valence-corrected chi connectivity index (χ4v) is 2.70. The molecule has 3 rings (SSSR count). The second-order valence-electron chi connectivity index (χ2n) is 5.08. The summed E-state index contributed by atoms with van der Waals surface area (Å²) in [6.45, 7) is 4.17. The molecule has 2 aromatic rings. The Morgan fingerprint density at radius 2 is 2.43 bits per heavy atom. The quantitative estimate of drug-likeness (QED) is 0.732. The smallest absolute Gasteiger partial charge is 0.243 e. The first-order valence-electron chi connectivity index (χ1n) is 7.33. The average Bonchev–Trinajstić information content (AvgIpc) is 3.14. The Balaban J connectivity index is 1.56. The molecule has 1 aliphatic heterocycles. The van der Waals surface area contributed by atoms with Crippen molar-refractivity contribution in [2.45, 2.75) is 32.4 Å². The van der Waals surface area contributed by atoms with E-state index in [1.165, 1.54) is 0 Å². The number of hydrogen-bond donors (Lipinski definition) is 3. The van der Waals surface area contributed by atoms with E-state index in [9.17, 15) is 4.79 Å². The first-order chi connectivity index (χ1) is 10.3. The van der Waals surface area contributed by atoms with Gasteiger partial charge in [0.2, 0.25) is 5.91 Å². The lowest BCUT2D eigenvalue weighted by atomic mass is 10.1.